The molecule has 0 saturated heterocycles. The number of hydrogen-bond acceptors (Lipinski definition) is 4. The van der Waals surface area contributed by atoms with E-state index in [2.05, 4.69) is 6.92 Å². The van der Waals surface area contributed by atoms with Gasteiger partial charge in [0.1, 0.15) is 0 Å². The van der Waals surface area contributed by atoms with Gasteiger partial charge in [-0.05, 0) is 31.0 Å². The van der Waals surface area contributed by atoms with Crippen LogP contribution in [0.15, 0.2) is 12.1 Å². The van der Waals surface area contributed by atoms with Crippen molar-refractivity contribution in [3.63, 3.8) is 0 Å². The van der Waals surface area contributed by atoms with Crippen molar-refractivity contribution in [1.82, 2.24) is 0 Å². The van der Waals surface area contributed by atoms with E-state index in [4.69, 9.17) is 22.3 Å². The molecule has 0 aromatic heterocycles. The average molecular weight is 253 g/mol. The Morgan fingerprint density at radius 3 is 2.11 bits per heavy atom. The number of aromatic carboxylic acids is 1. The van der Waals surface area contributed by atoms with Crippen molar-refractivity contribution in [3.05, 3.63) is 23.3 Å². The lowest BCUT2D eigenvalue weighted by atomic mass is 10.0. The van der Waals surface area contributed by atoms with Crippen LogP contribution in [-0.2, 0) is 6.42 Å². The van der Waals surface area contributed by atoms with E-state index in [1.54, 1.807) is 6.07 Å². The Balaban J connectivity index is 0.000000631. The zero-order valence-corrected chi connectivity index (χ0v) is 11.1. The Hall–Kier alpha value is -1.75. The van der Waals surface area contributed by atoms with Crippen molar-refractivity contribution in [3.8, 4) is 0 Å². The fourth-order valence-corrected chi connectivity index (χ4v) is 1.36. The first-order valence-electron chi connectivity index (χ1n) is 6.09. The van der Waals surface area contributed by atoms with E-state index in [1.165, 1.54) is 6.07 Å². The van der Waals surface area contributed by atoms with E-state index in [0.717, 1.165) is 31.4 Å². The summed E-state index contributed by atoms with van der Waals surface area (Å²) in [5.74, 6) is -1.04. The summed E-state index contributed by atoms with van der Waals surface area (Å²) in [6, 6.07) is 3.22. The molecule has 5 nitrogen and oxygen atoms in total. The second-order valence-corrected chi connectivity index (χ2v) is 3.94. The van der Waals surface area contributed by atoms with E-state index in [1.807, 2.05) is 6.92 Å². The average Bonchev–Trinajstić information content (AvgIpc) is 2.35. The molecule has 0 heterocycles. The standard InChI is InChI=1S/C10H14N2O2.C3H9N/c1-2-3-6-4-5-7(10(13)14)9(12)8(6)11;1-2-3-4/h4-5H,2-3,11-12H2,1H3,(H,13,14);2-4H2,1H3. The summed E-state index contributed by atoms with van der Waals surface area (Å²) in [6.45, 7) is 4.90. The van der Waals surface area contributed by atoms with Crippen molar-refractivity contribution in [2.45, 2.75) is 33.1 Å². The predicted molar refractivity (Wildman–Crippen MR) is 75.6 cm³/mol. The van der Waals surface area contributed by atoms with Gasteiger partial charge in [-0.1, -0.05) is 26.3 Å². The Morgan fingerprint density at radius 1 is 1.17 bits per heavy atom. The van der Waals surface area contributed by atoms with Gasteiger partial charge in [0.2, 0.25) is 0 Å². The monoisotopic (exact) mass is 253 g/mol. The van der Waals surface area contributed by atoms with Gasteiger partial charge in [-0.3, -0.25) is 0 Å². The maximum Gasteiger partial charge on any atom is 0.337 e. The highest BCUT2D eigenvalue weighted by atomic mass is 16.4. The quantitative estimate of drug-likeness (QED) is 0.611. The zero-order valence-electron chi connectivity index (χ0n) is 11.1. The van der Waals surface area contributed by atoms with Crippen LogP contribution >= 0.6 is 0 Å². The van der Waals surface area contributed by atoms with Gasteiger partial charge in [0.25, 0.3) is 0 Å². The van der Waals surface area contributed by atoms with Crippen molar-refractivity contribution < 1.29 is 9.90 Å². The van der Waals surface area contributed by atoms with Crippen LogP contribution in [0.2, 0.25) is 0 Å². The van der Waals surface area contributed by atoms with Gasteiger partial charge in [-0.2, -0.15) is 0 Å². The molecule has 7 N–H and O–H groups in total. The van der Waals surface area contributed by atoms with Crippen LogP contribution < -0.4 is 17.2 Å². The Bertz CT molecular complexity index is 390. The molecule has 0 spiro atoms. The van der Waals surface area contributed by atoms with E-state index in [0.29, 0.717) is 5.69 Å². The molecular formula is C13H23N3O2. The number of benzene rings is 1. The summed E-state index contributed by atoms with van der Waals surface area (Å²) >= 11 is 0. The number of hydrogen-bond donors (Lipinski definition) is 4. The van der Waals surface area contributed by atoms with Gasteiger partial charge in [0.05, 0.1) is 16.9 Å². The first-order valence-corrected chi connectivity index (χ1v) is 6.09. The molecule has 0 aliphatic rings. The Morgan fingerprint density at radius 2 is 1.72 bits per heavy atom. The summed E-state index contributed by atoms with van der Waals surface area (Å²) in [5.41, 5.74) is 17.9. The predicted octanol–water partition coefficient (Wildman–Crippen LogP) is 1.86. The molecule has 102 valence electrons. The van der Waals surface area contributed by atoms with Crippen LogP contribution in [0.5, 0.6) is 0 Å². The van der Waals surface area contributed by atoms with Crippen molar-refractivity contribution in [2.24, 2.45) is 5.73 Å². The molecule has 5 heteroatoms. The molecule has 0 saturated carbocycles. The van der Waals surface area contributed by atoms with E-state index < -0.39 is 5.97 Å². The van der Waals surface area contributed by atoms with E-state index in [9.17, 15) is 4.79 Å². The minimum absolute atomic E-state index is 0.0716. The first kappa shape index (κ1) is 16.2. The fourth-order valence-electron chi connectivity index (χ4n) is 1.36. The summed E-state index contributed by atoms with van der Waals surface area (Å²) in [6.07, 6.45) is 2.87. The van der Waals surface area contributed by atoms with Crippen LogP contribution in [0, 0.1) is 0 Å². The zero-order chi connectivity index (χ0) is 14.1. The number of carbonyl (C=O) groups is 1. The smallest absolute Gasteiger partial charge is 0.337 e. The van der Waals surface area contributed by atoms with Crippen molar-refractivity contribution in [2.75, 3.05) is 18.0 Å². The highest BCUT2D eigenvalue weighted by molar-refractivity contribution is 5.97. The highest BCUT2D eigenvalue weighted by Gasteiger charge is 2.12. The molecule has 1 rings (SSSR count). The Labute approximate surface area is 108 Å². The molecule has 0 atom stereocenters. The molecule has 0 aliphatic heterocycles. The molecule has 0 unspecified atom stereocenters. The third-order valence-electron chi connectivity index (χ3n) is 2.42. The number of aryl methyl sites for hydroxylation is 1. The van der Waals surface area contributed by atoms with E-state index >= 15 is 0 Å². The third-order valence-corrected chi connectivity index (χ3v) is 2.42. The maximum atomic E-state index is 10.7. The number of anilines is 2. The topological polar surface area (TPSA) is 115 Å². The summed E-state index contributed by atoms with van der Waals surface area (Å²) < 4.78 is 0. The molecule has 0 aliphatic carbocycles. The van der Waals surface area contributed by atoms with Gasteiger partial charge >= 0.3 is 5.97 Å². The lowest BCUT2D eigenvalue weighted by Crippen LogP contribution is -2.07. The molecule has 1 aromatic rings. The van der Waals surface area contributed by atoms with Crippen LogP contribution in [0.25, 0.3) is 0 Å². The highest BCUT2D eigenvalue weighted by Crippen LogP contribution is 2.25. The number of rotatable bonds is 4. The van der Waals surface area contributed by atoms with Crippen molar-refractivity contribution >= 4 is 17.3 Å². The third kappa shape index (κ3) is 4.63. The van der Waals surface area contributed by atoms with Crippen LogP contribution in [0.1, 0.15) is 42.6 Å². The first-order chi connectivity index (χ1) is 8.49. The minimum atomic E-state index is -1.04. The molecule has 0 amide bonds. The van der Waals surface area contributed by atoms with Crippen molar-refractivity contribution in [1.29, 1.82) is 0 Å². The fraction of sp³-hybridized carbons (Fsp3) is 0.462. The molecule has 0 fully saturated rings. The van der Waals surface area contributed by atoms with Gasteiger partial charge in [0, 0.05) is 0 Å². The maximum absolute atomic E-state index is 10.7. The molecule has 1 aromatic carbocycles. The number of carboxylic acids is 1. The molecule has 0 radical (unpaired) electrons. The summed E-state index contributed by atoms with van der Waals surface area (Å²) in [7, 11) is 0. The second-order valence-electron chi connectivity index (χ2n) is 3.94. The van der Waals surface area contributed by atoms with Crippen LogP contribution in [0.4, 0.5) is 11.4 Å². The lowest BCUT2D eigenvalue weighted by molar-refractivity contribution is 0.0698. The minimum Gasteiger partial charge on any atom is -0.478 e. The second kappa shape index (κ2) is 8.36. The molecule has 0 bridgehead atoms. The largest absolute Gasteiger partial charge is 0.478 e. The van der Waals surface area contributed by atoms with Gasteiger partial charge in [0.15, 0.2) is 0 Å². The summed E-state index contributed by atoms with van der Waals surface area (Å²) in [5, 5.41) is 8.78. The normalized spacial score (nSPS) is 9.50. The molecule has 18 heavy (non-hydrogen) atoms. The van der Waals surface area contributed by atoms with Gasteiger partial charge in [-0.25, -0.2) is 4.79 Å². The van der Waals surface area contributed by atoms with Gasteiger partial charge in [-0.15, -0.1) is 0 Å². The number of carboxylic acid groups (broad SMARTS) is 1. The SMILES string of the molecule is CCCN.CCCc1ccc(C(=O)O)c(N)c1N. The van der Waals surface area contributed by atoms with Crippen LogP contribution in [0.3, 0.4) is 0 Å². The molecular weight excluding hydrogens is 230 g/mol. The van der Waals surface area contributed by atoms with Gasteiger partial charge < -0.3 is 22.3 Å². The van der Waals surface area contributed by atoms with Crippen LogP contribution in [-0.4, -0.2) is 17.6 Å². The van der Waals surface area contributed by atoms with E-state index in [-0.39, 0.29) is 11.3 Å². The lowest BCUT2D eigenvalue weighted by Gasteiger charge is -2.09. The Kier molecular flexibility index (Phi) is 7.54. The summed E-state index contributed by atoms with van der Waals surface area (Å²) in [4.78, 5) is 10.7. The number of nitrogen functional groups attached to an aromatic ring is 2. The number of nitrogens with two attached hydrogens (primary N) is 3.